The molecule has 14 heavy (non-hydrogen) atoms. The molecule has 1 aromatic rings. The summed E-state index contributed by atoms with van der Waals surface area (Å²) in [5, 5.41) is 8.60. The number of hydrogen-bond donors (Lipinski definition) is 1. The Bertz CT molecular complexity index is 327. The summed E-state index contributed by atoms with van der Waals surface area (Å²) >= 11 is 0. The largest absolute Gasteiger partial charge is 0.474 e. The minimum absolute atomic E-state index is 0.121. The molecule has 1 unspecified atom stereocenters. The van der Waals surface area contributed by atoms with Crippen molar-refractivity contribution in [3.63, 3.8) is 0 Å². The summed E-state index contributed by atoms with van der Waals surface area (Å²) in [6, 6.07) is 0. The zero-order chi connectivity index (χ0) is 9.97. The van der Waals surface area contributed by atoms with Gasteiger partial charge in [0, 0.05) is 6.61 Å². The number of rotatable bonds is 2. The lowest BCUT2D eigenvalue weighted by molar-refractivity contribution is 0.000990. The fourth-order valence-electron chi connectivity index (χ4n) is 1.50. The maximum atomic E-state index is 10.5. The molecule has 2 heterocycles. The third-order valence-corrected chi connectivity index (χ3v) is 2.20. The van der Waals surface area contributed by atoms with Gasteiger partial charge in [0.1, 0.15) is 6.10 Å². The summed E-state index contributed by atoms with van der Waals surface area (Å²) in [7, 11) is 0. The predicted molar refractivity (Wildman–Crippen MR) is 46.0 cm³/mol. The van der Waals surface area contributed by atoms with E-state index in [0.717, 1.165) is 19.3 Å². The van der Waals surface area contributed by atoms with Crippen LogP contribution in [0.1, 0.15) is 41.8 Å². The van der Waals surface area contributed by atoms with Gasteiger partial charge in [0.2, 0.25) is 0 Å². The first-order valence-corrected chi connectivity index (χ1v) is 4.58. The Hall–Kier alpha value is -1.36. The lowest BCUT2D eigenvalue weighted by atomic mass is 10.1. The van der Waals surface area contributed by atoms with Crippen molar-refractivity contribution >= 4 is 5.97 Å². The van der Waals surface area contributed by atoms with Crippen LogP contribution in [-0.2, 0) is 4.74 Å². The van der Waals surface area contributed by atoms with Crippen LogP contribution in [-0.4, -0.2) is 22.7 Å². The molecule has 0 amide bonds. The Kier molecular flexibility index (Phi) is 2.49. The highest BCUT2D eigenvalue weighted by Crippen LogP contribution is 2.27. The zero-order valence-electron chi connectivity index (χ0n) is 7.60. The lowest BCUT2D eigenvalue weighted by Gasteiger charge is -2.19. The Morgan fingerprint density at radius 3 is 3.00 bits per heavy atom. The Morgan fingerprint density at radius 1 is 1.57 bits per heavy atom. The molecule has 0 aliphatic carbocycles. The Labute approximate surface area is 80.7 Å². The molecule has 76 valence electrons. The molecule has 5 heteroatoms. The van der Waals surface area contributed by atoms with Crippen molar-refractivity contribution in [1.82, 2.24) is 4.98 Å². The van der Waals surface area contributed by atoms with Crippen molar-refractivity contribution < 1.29 is 19.1 Å². The Morgan fingerprint density at radius 2 is 2.43 bits per heavy atom. The highest BCUT2D eigenvalue weighted by atomic mass is 16.5. The van der Waals surface area contributed by atoms with Crippen LogP contribution in [0, 0.1) is 0 Å². The smallest absolute Gasteiger partial charge is 0.392 e. The second kappa shape index (κ2) is 3.79. The number of oxazole rings is 1. The van der Waals surface area contributed by atoms with E-state index in [9.17, 15) is 4.79 Å². The minimum atomic E-state index is -1.15. The van der Waals surface area contributed by atoms with E-state index in [1.165, 1.54) is 6.20 Å². The van der Waals surface area contributed by atoms with Gasteiger partial charge in [-0.2, -0.15) is 0 Å². The number of hydrogen-bond acceptors (Lipinski definition) is 4. The summed E-state index contributed by atoms with van der Waals surface area (Å²) in [6.45, 7) is 0.702. The predicted octanol–water partition coefficient (Wildman–Crippen LogP) is 1.61. The average molecular weight is 197 g/mol. The first-order valence-electron chi connectivity index (χ1n) is 4.58. The number of aromatic carboxylic acids is 1. The first-order chi connectivity index (χ1) is 6.77. The molecule has 1 saturated heterocycles. The van der Waals surface area contributed by atoms with Gasteiger partial charge in [-0.1, -0.05) is 0 Å². The standard InChI is InChI=1S/C9H11NO4/c11-9(12)8-10-5-7(14-8)6-3-1-2-4-13-6/h5-6H,1-4H2,(H,11,12). The van der Waals surface area contributed by atoms with Crippen molar-refractivity contribution in [1.29, 1.82) is 0 Å². The molecule has 1 aliphatic rings. The molecule has 5 nitrogen and oxygen atoms in total. The van der Waals surface area contributed by atoms with Crippen LogP contribution >= 0.6 is 0 Å². The SMILES string of the molecule is O=C(O)c1ncc(C2CCCCO2)o1. The fourth-order valence-corrected chi connectivity index (χ4v) is 1.50. The van der Waals surface area contributed by atoms with Gasteiger partial charge in [0.15, 0.2) is 5.76 Å². The summed E-state index contributed by atoms with van der Waals surface area (Å²) < 4.78 is 10.5. The molecule has 0 saturated carbocycles. The third-order valence-electron chi connectivity index (χ3n) is 2.20. The number of carboxylic acid groups (broad SMARTS) is 1. The van der Waals surface area contributed by atoms with Crippen molar-refractivity contribution in [2.24, 2.45) is 0 Å². The molecule has 1 atom stereocenters. The van der Waals surface area contributed by atoms with Crippen molar-refractivity contribution in [2.45, 2.75) is 25.4 Å². The van der Waals surface area contributed by atoms with Crippen LogP contribution in [0.15, 0.2) is 10.6 Å². The van der Waals surface area contributed by atoms with Gasteiger partial charge in [-0.05, 0) is 19.3 Å². The molecule has 2 rings (SSSR count). The van der Waals surface area contributed by atoms with Crippen LogP contribution in [0.3, 0.4) is 0 Å². The fraction of sp³-hybridized carbons (Fsp3) is 0.556. The number of carbonyl (C=O) groups is 1. The summed E-state index contributed by atoms with van der Waals surface area (Å²) in [5.74, 6) is -0.900. The van der Waals surface area contributed by atoms with E-state index in [0.29, 0.717) is 12.4 Å². The monoisotopic (exact) mass is 197 g/mol. The molecule has 0 radical (unpaired) electrons. The molecule has 0 aromatic carbocycles. The van der Waals surface area contributed by atoms with Crippen LogP contribution in [0.25, 0.3) is 0 Å². The first kappa shape index (κ1) is 9.21. The van der Waals surface area contributed by atoms with E-state index in [1.54, 1.807) is 0 Å². The van der Waals surface area contributed by atoms with Crippen LogP contribution in [0.4, 0.5) is 0 Å². The van der Waals surface area contributed by atoms with E-state index in [4.69, 9.17) is 14.3 Å². The van der Waals surface area contributed by atoms with Gasteiger partial charge in [0.25, 0.3) is 0 Å². The van der Waals surface area contributed by atoms with Crippen molar-refractivity contribution in [3.8, 4) is 0 Å². The van der Waals surface area contributed by atoms with Gasteiger partial charge in [0.05, 0.1) is 6.20 Å². The molecule has 1 aromatic heterocycles. The van der Waals surface area contributed by atoms with Gasteiger partial charge in [-0.15, -0.1) is 0 Å². The number of nitrogens with zero attached hydrogens (tertiary/aromatic N) is 1. The van der Waals surface area contributed by atoms with E-state index in [2.05, 4.69) is 4.98 Å². The number of carboxylic acids is 1. The summed E-state index contributed by atoms with van der Waals surface area (Å²) in [5.41, 5.74) is 0. The maximum Gasteiger partial charge on any atom is 0.392 e. The van der Waals surface area contributed by atoms with Crippen LogP contribution in [0.2, 0.25) is 0 Å². The van der Waals surface area contributed by atoms with Gasteiger partial charge in [-0.3, -0.25) is 0 Å². The van der Waals surface area contributed by atoms with E-state index >= 15 is 0 Å². The van der Waals surface area contributed by atoms with Crippen LogP contribution in [0.5, 0.6) is 0 Å². The lowest BCUT2D eigenvalue weighted by Crippen LogP contribution is -2.10. The number of aromatic nitrogens is 1. The minimum Gasteiger partial charge on any atom is -0.474 e. The maximum absolute atomic E-state index is 10.5. The molecular formula is C9H11NO4. The van der Waals surface area contributed by atoms with E-state index in [-0.39, 0.29) is 12.0 Å². The second-order valence-electron chi connectivity index (χ2n) is 3.23. The van der Waals surface area contributed by atoms with Crippen molar-refractivity contribution in [2.75, 3.05) is 6.61 Å². The topological polar surface area (TPSA) is 72.6 Å². The molecular weight excluding hydrogens is 186 g/mol. The van der Waals surface area contributed by atoms with Gasteiger partial charge >= 0.3 is 11.9 Å². The second-order valence-corrected chi connectivity index (χ2v) is 3.23. The van der Waals surface area contributed by atoms with Crippen molar-refractivity contribution in [3.05, 3.63) is 17.8 Å². The Balaban J connectivity index is 2.11. The molecule has 1 N–H and O–H groups in total. The normalized spacial score (nSPS) is 22.1. The molecule has 0 bridgehead atoms. The molecule has 0 spiro atoms. The van der Waals surface area contributed by atoms with E-state index < -0.39 is 5.97 Å². The van der Waals surface area contributed by atoms with E-state index in [1.807, 2.05) is 0 Å². The van der Waals surface area contributed by atoms with Crippen LogP contribution < -0.4 is 0 Å². The van der Waals surface area contributed by atoms with Gasteiger partial charge < -0.3 is 14.3 Å². The summed E-state index contributed by atoms with van der Waals surface area (Å²) in [4.78, 5) is 14.1. The quantitative estimate of drug-likeness (QED) is 0.779. The molecule has 1 fully saturated rings. The zero-order valence-corrected chi connectivity index (χ0v) is 7.60. The highest BCUT2D eigenvalue weighted by Gasteiger charge is 2.21. The van der Waals surface area contributed by atoms with Gasteiger partial charge in [-0.25, -0.2) is 9.78 Å². The molecule has 1 aliphatic heterocycles. The highest BCUT2D eigenvalue weighted by molar-refractivity contribution is 5.81. The average Bonchev–Trinajstić information content (AvgIpc) is 2.68. The number of ether oxygens (including phenoxy) is 1. The third kappa shape index (κ3) is 1.77. The summed E-state index contributed by atoms with van der Waals surface area (Å²) in [6.07, 6.45) is 4.31.